The molecule has 0 saturated carbocycles. The molecule has 0 unspecified atom stereocenters. The number of carbonyl (C=O) groups is 2. The third-order valence-electron chi connectivity index (χ3n) is 4.66. The number of hydrogen-bond acceptors (Lipinski definition) is 4. The van der Waals surface area contributed by atoms with Gasteiger partial charge < -0.3 is 20.3 Å². The summed E-state index contributed by atoms with van der Waals surface area (Å²) >= 11 is 0. The number of nitrogens with zero attached hydrogens (tertiary/aromatic N) is 1. The van der Waals surface area contributed by atoms with E-state index in [4.69, 9.17) is 0 Å². The van der Waals surface area contributed by atoms with Crippen LogP contribution in [0.4, 0.5) is 24.5 Å². The number of alkyl halides is 3. The maximum absolute atomic E-state index is 12.1. The summed E-state index contributed by atoms with van der Waals surface area (Å²) in [6, 6.07) is 12.7. The quantitative estimate of drug-likeness (QED) is 0.701. The Labute approximate surface area is 172 Å². The minimum Gasteiger partial charge on any atom is -0.406 e. The largest absolute Gasteiger partial charge is 0.573 e. The Morgan fingerprint density at radius 3 is 2.17 bits per heavy atom. The first-order valence-corrected chi connectivity index (χ1v) is 9.59. The van der Waals surface area contributed by atoms with E-state index in [2.05, 4.69) is 32.4 Å². The van der Waals surface area contributed by atoms with Crippen LogP contribution in [0.2, 0.25) is 0 Å². The number of rotatable bonds is 6. The first-order chi connectivity index (χ1) is 14.3. The van der Waals surface area contributed by atoms with Gasteiger partial charge >= 0.3 is 18.2 Å². The summed E-state index contributed by atoms with van der Waals surface area (Å²) in [4.78, 5) is 26.2. The molecule has 0 spiro atoms. The van der Waals surface area contributed by atoms with Crippen molar-refractivity contribution in [2.45, 2.75) is 25.6 Å². The summed E-state index contributed by atoms with van der Waals surface area (Å²) in [7, 11) is 0. The van der Waals surface area contributed by atoms with Crippen molar-refractivity contribution in [1.29, 1.82) is 0 Å². The van der Waals surface area contributed by atoms with Gasteiger partial charge in [-0.2, -0.15) is 0 Å². The number of ether oxygens (including phenoxy) is 1. The zero-order valence-corrected chi connectivity index (χ0v) is 16.2. The lowest BCUT2D eigenvalue weighted by Gasteiger charge is -2.17. The van der Waals surface area contributed by atoms with E-state index in [0.29, 0.717) is 6.42 Å². The van der Waals surface area contributed by atoms with Crippen LogP contribution in [-0.2, 0) is 16.0 Å². The molecule has 3 rings (SSSR count). The van der Waals surface area contributed by atoms with Crippen LogP contribution < -0.4 is 20.3 Å². The molecule has 1 aliphatic heterocycles. The number of halogens is 3. The molecule has 0 atom stereocenters. The van der Waals surface area contributed by atoms with Gasteiger partial charge in [0.1, 0.15) is 5.75 Å². The number of benzene rings is 2. The van der Waals surface area contributed by atoms with E-state index >= 15 is 0 Å². The predicted octanol–water partition coefficient (Wildman–Crippen LogP) is 3.48. The lowest BCUT2D eigenvalue weighted by molar-refractivity contribution is -0.274. The molecule has 1 fully saturated rings. The van der Waals surface area contributed by atoms with Gasteiger partial charge in [-0.25, -0.2) is 0 Å². The topological polar surface area (TPSA) is 70.7 Å². The summed E-state index contributed by atoms with van der Waals surface area (Å²) in [5.41, 5.74) is 2.41. The highest BCUT2D eigenvalue weighted by Gasteiger charge is 2.31. The van der Waals surface area contributed by atoms with Crippen LogP contribution in [0.5, 0.6) is 5.75 Å². The minimum atomic E-state index is -4.79. The second-order valence-electron chi connectivity index (χ2n) is 6.89. The van der Waals surface area contributed by atoms with Gasteiger partial charge in [0, 0.05) is 31.0 Å². The van der Waals surface area contributed by atoms with Crippen molar-refractivity contribution in [2.75, 3.05) is 29.9 Å². The first-order valence-electron chi connectivity index (χ1n) is 9.59. The van der Waals surface area contributed by atoms with Gasteiger partial charge in [-0.3, -0.25) is 9.59 Å². The smallest absolute Gasteiger partial charge is 0.406 e. The molecule has 1 aliphatic rings. The van der Waals surface area contributed by atoms with Crippen molar-refractivity contribution in [3.05, 3.63) is 54.1 Å². The molecule has 6 nitrogen and oxygen atoms in total. The summed E-state index contributed by atoms with van der Waals surface area (Å²) in [6.07, 6.45) is -1.80. The molecular formula is C21H22F3N3O3. The number of carbonyl (C=O) groups excluding carboxylic acids is 2. The average molecular weight is 421 g/mol. The van der Waals surface area contributed by atoms with Crippen molar-refractivity contribution in [3.63, 3.8) is 0 Å². The SMILES string of the molecule is O=C(NCCc1ccc(N2CCCC2)cc1)C(=O)Nc1ccc(OC(F)(F)F)cc1. The lowest BCUT2D eigenvalue weighted by atomic mass is 10.1. The summed E-state index contributed by atoms with van der Waals surface area (Å²) in [5, 5.41) is 4.85. The predicted molar refractivity (Wildman–Crippen MR) is 106 cm³/mol. The van der Waals surface area contributed by atoms with Crippen molar-refractivity contribution in [2.24, 2.45) is 0 Å². The van der Waals surface area contributed by atoms with Gasteiger partial charge in [-0.1, -0.05) is 12.1 Å². The van der Waals surface area contributed by atoms with Gasteiger partial charge in [0.05, 0.1) is 0 Å². The molecule has 2 aromatic rings. The van der Waals surface area contributed by atoms with Gasteiger partial charge in [0.15, 0.2) is 0 Å². The number of anilines is 2. The fraction of sp³-hybridized carbons (Fsp3) is 0.333. The molecule has 0 aliphatic carbocycles. The van der Waals surface area contributed by atoms with E-state index in [1.807, 2.05) is 12.1 Å². The van der Waals surface area contributed by atoms with E-state index in [-0.39, 0.29) is 12.2 Å². The second-order valence-corrected chi connectivity index (χ2v) is 6.89. The Morgan fingerprint density at radius 2 is 1.57 bits per heavy atom. The molecule has 0 aromatic heterocycles. The Balaban J connectivity index is 1.41. The van der Waals surface area contributed by atoms with Crippen LogP contribution in [-0.4, -0.2) is 37.8 Å². The monoisotopic (exact) mass is 421 g/mol. The summed E-state index contributed by atoms with van der Waals surface area (Å²) in [6.45, 7) is 2.43. The Morgan fingerprint density at radius 1 is 0.933 bits per heavy atom. The van der Waals surface area contributed by atoms with Crippen LogP contribution in [0, 0.1) is 0 Å². The molecular weight excluding hydrogens is 399 g/mol. The fourth-order valence-corrected chi connectivity index (χ4v) is 3.18. The van der Waals surface area contributed by atoms with Crippen LogP contribution in [0.1, 0.15) is 18.4 Å². The van der Waals surface area contributed by atoms with Crippen LogP contribution in [0.15, 0.2) is 48.5 Å². The molecule has 2 aromatic carbocycles. The third kappa shape index (κ3) is 6.40. The van der Waals surface area contributed by atoms with Crippen molar-refractivity contribution >= 4 is 23.2 Å². The number of hydrogen-bond donors (Lipinski definition) is 2. The molecule has 2 N–H and O–H groups in total. The van der Waals surface area contributed by atoms with E-state index in [1.54, 1.807) is 0 Å². The maximum Gasteiger partial charge on any atom is 0.573 e. The number of nitrogens with one attached hydrogen (secondary N) is 2. The van der Waals surface area contributed by atoms with E-state index in [1.165, 1.54) is 30.7 Å². The lowest BCUT2D eigenvalue weighted by Crippen LogP contribution is -2.36. The standard InChI is InChI=1S/C21H22F3N3O3/c22-21(23,24)30-18-9-5-16(6-10-18)26-20(29)19(28)25-12-11-15-3-7-17(8-4-15)27-13-1-2-14-27/h3-10H,1-2,11-14H2,(H,25,28)(H,26,29). The molecule has 160 valence electrons. The van der Waals surface area contributed by atoms with Gasteiger partial charge in [-0.05, 0) is 61.2 Å². The molecule has 2 amide bonds. The Kier molecular flexibility index (Phi) is 6.81. The number of amides is 2. The van der Waals surface area contributed by atoms with Crippen LogP contribution >= 0.6 is 0 Å². The zero-order valence-electron chi connectivity index (χ0n) is 16.2. The fourth-order valence-electron chi connectivity index (χ4n) is 3.18. The van der Waals surface area contributed by atoms with Crippen molar-refractivity contribution < 1.29 is 27.5 Å². The zero-order chi connectivity index (χ0) is 21.6. The summed E-state index contributed by atoms with van der Waals surface area (Å²) < 4.78 is 40.2. The minimum absolute atomic E-state index is 0.183. The van der Waals surface area contributed by atoms with E-state index < -0.39 is 23.9 Å². The molecule has 30 heavy (non-hydrogen) atoms. The third-order valence-corrected chi connectivity index (χ3v) is 4.66. The molecule has 1 saturated heterocycles. The second kappa shape index (κ2) is 9.51. The first kappa shape index (κ1) is 21.5. The van der Waals surface area contributed by atoms with Crippen LogP contribution in [0.25, 0.3) is 0 Å². The molecule has 1 heterocycles. The molecule has 9 heteroatoms. The van der Waals surface area contributed by atoms with Crippen LogP contribution in [0.3, 0.4) is 0 Å². The highest BCUT2D eigenvalue weighted by Crippen LogP contribution is 2.24. The highest BCUT2D eigenvalue weighted by atomic mass is 19.4. The average Bonchev–Trinajstić information content (AvgIpc) is 3.23. The Bertz CT molecular complexity index is 862. The van der Waals surface area contributed by atoms with Crippen molar-refractivity contribution in [3.8, 4) is 5.75 Å². The van der Waals surface area contributed by atoms with Gasteiger partial charge in [0.2, 0.25) is 0 Å². The van der Waals surface area contributed by atoms with Crippen molar-refractivity contribution in [1.82, 2.24) is 5.32 Å². The highest BCUT2D eigenvalue weighted by molar-refractivity contribution is 6.39. The van der Waals surface area contributed by atoms with Gasteiger partial charge in [0.25, 0.3) is 0 Å². The Hall–Kier alpha value is -3.23. The van der Waals surface area contributed by atoms with E-state index in [9.17, 15) is 22.8 Å². The van der Waals surface area contributed by atoms with Gasteiger partial charge in [-0.15, -0.1) is 13.2 Å². The molecule has 0 bridgehead atoms. The van der Waals surface area contributed by atoms with E-state index in [0.717, 1.165) is 30.8 Å². The summed E-state index contributed by atoms with van der Waals surface area (Å²) in [5.74, 6) is -2.14. The molecule has 0 radical (unpaired) electrons. The maximum atomic E-state index is 12.1. The normalized spacial score (nSPS) is 13.8.